The first kappa shape index (κ1) is 8.06. The molecule has 0 aromatic heterocycles. The fraction of sp³-hybridized carbons (Fsp3) is 1.00. The van der Waals surface area contributed by atoms with Gasteiger partial charge in [-0.05, 0) is 25.2 Å². The van der Waals surface area contributed by atoms with Crippen LogP contribution in [0.3, 0.4) is 0 Å². The fourth-order valence-corrected chi connectivity index (χ4v) is 3.01. The Bertz CT molecular complexity index is 79.0. The van der Waals surface area contributed by atoms with Crippen molar-refractivity contribution in [1.29, 1.82) is 0 Å². The van der Waals surface area contributed by atoms with Crippen LogP contribution in [-0.2, 0) is 0 Å². The molecule has 9 heavy (non-hydrogen) atoms. The van der Waals surface area contributed by atoms with Gasteiger partial charge in [-0.2, -0.15) is 0 Å². The number of rotatable bonds is 3. The molecule has 1 atom stereocenters. The summed E-state index contributed by atoms with van der Waals surface area (Å²) >= 11 is 7.13. The lowest BCUT2D eigenvalue weighted by Crippen LogP contribution is -2.21. The van der Waals surface area contributed by atoms with Gasteiger partial charge in [-0.1, -0.05) is 38.3 Å². The Morgan fingerprint density at radius 1 is 1.44 bits per heavy atom. The highest BCUT2D eigenvalue weighted by Crippen LogP contribution is 2.34. The van der Waals surface area contributed by atoms with Gasteiger partial charge in [0, 0.05) is 10.2 Å². The molecule has 0 aromatic carbocycles. The summed E-state index contributed by atoms with van der Waals surface area (Å²) in [5.74, 6) is 0.988. The molecule has 54 valence electrons. The predicted molar refractivity (Wildman–Crippen MR) is 48.5 cm³/mol. The fourth-order valence-electron chi connectivity index (χ4n) is 1.14. The minimum atomic E-state index is 0.783. The molecule has 0 N–H and O–H groups in total. The van der Waals surface area contributed by atoms with Gasteiger partial charge in [0.15, 0.2) is 0 Å². The lowest BCUT2D eigenvalue weighted by molar-refractivity contribution is 0.307. The second-order valence-corrected chi connectivity index (χ2v) is 4.65. The van der Waals surface area contributed by atoms with Crippen LogP contribution in [0.25, 0.3) is 0 Å². The van der Waals surface area contributed by atoms with E-state index < -0.39 is 0 Å². The normalized spacial score (nSPS) is 23.3. The largest absolute Gasteiger partial charge is 0.0928 e. The van der Waals surface area contributed by atoms with Crippen LogP contribution in [0.15, 0.2) is 0 Å². The zero-order valence-electron chi connectivity index (χ0n) is 5.45. The van der Waals surface area contributed by atoms with Crippen molar-refractivity contribution < 1.29 is 0 Å². The van der Waals surface area contributed by atoms with E-state index in [2.05, 4.69) is 31.9 Å². The minimum absolute atomic E-state index is 0.783. The van der Waals surface area contributed by atoms with Crippen molar-refractivity contribution in [3.05, 3.63) is 0 Å². The first-order valence-electron chi connectivity index (χ1n) is 3.54. The highest BCUT2D eigenvalue weighted by Gasteiger charge is 2.24. The standard InChI is InChI=1S/C7H12Br2/c8-5-4-7(9)6-2-1-3-6/h6-7H,1-5H2. The molecule has 0 radical (unpaired) electrons. The molecule has 0 aliphatic heterocycles. The molecular formula is C7H12Br2. The van der Waals surface area contributed by atoms with Crippen LogP contribution in [0.2, 0.25) is 0 Å². The molecule has 2 heteroatoms. The molecule has 1 rings (SSSR count). The Balaban J connectivity index is 2.08. The zero-order valence-corrected chi connectivity index (χ0v) is 8.62. The monoisotopic (exact) mass is 254 g/mol. The predicted octanol–water partition coefficient (Wildman–Crippen LogP) is 3.34. The maximum atomic E-state index is 3.68. The van der Waals surface area contributed by atoms with Gasteiger partial charge in [0.25, 0.3) is 0 Å². The van der Waals surface area contributed by atoms with Crippen molar-refractivity contribution >= 4 is 31.9 Å². The Kier molecular flexibility index (Phi) is 3.55. The van der Waals surface area contributed by atoms with E-state index in [1.807, 2.05) is 0 Å². The van der Waals surface area contributed by atoms with Crippen molar-refractivity contribution in [2.45, 2.75) is 30.5 Å². The van der Waals surface area contributed by atoms with Crippen LogP contribution in [0.1, 0.15) is 25.7 Å². The van der Waals surface area contributed by atoms with E-state index in [1.54, 1.807) is 0 Å². The molecule has 0 bridgehead atoms. The molecule has 0 nitrogen and oxygen atoms in total. The van der Waals surface area contributed by atoms with Crippen molar-refractivity contribution in [1.82, 2.24) is 0 Å². The van der Waals surface area contributed by atoms with Gasteiger partial charge in [0.1, 0.15) is 0 Å². The number of halogens is 2. The van der Waals surface area contributed by atoms with E-state index in [4.69, 9.17) is 0 Å². The Hall–Kier alpha value is 0.960. The third-order valence-electron chi connectivity index (χ3n) is 2.05. The average molecular weight is 256 g/mol. The second kappa shape index (κ2) is 3.97. The number of hydrogen-bond donors (Lipinski definition) is 0. The first-order valence-corrected chi connectivity index (χ1v) is 5.58. The van der Waals surface area contributed by atoms with Gasteiger partial charge >= 0.3 is 0 Å². The topological polar surface area (TPSA) is 0 Å². The number of alkyl halides is 2. The SMILES string of the molecule is BrCCC(Br)C1CCC1. The molecular weight excluding hydrogens is 244 g/mol. The highest BCUT2D eigenvalue weighted by molar-refractivity contribution is 9.10. The van der Waals surface area contributed by atoms with E-state index in [0.717, 1.165) is 16.1 Å². The van der Waals surface area contributed by atoms with Gasteiger partial charge in [-0.3, -0.25) is 0 Å². The van der Waals surface area contributed by atoms with Crippen LogP contribution in [-0.4, -0.2) is 10.2 Å². The lowest BCUT2D eigenvalue weighted by Gasteiger charge is -2.29. The summed E-state index contributed by atoms with van der Waals surface area (Å²) in [6.45, 7) is 0. The van der Waals surface area contributed by atoms with Crippen LogP contribution < -0.4 is 0 Å². The third kappa shape index (κ3) is 2.23. The van der Waals surface area contributed by atoms with E-state index in [0.29, 0.717) is 0 Å². The Morgan fingerprint density at radius 3 is 2.44 bits per heavy atom. The molecule has 0 aromatic rings. The molecule has 1 aliphatic carbocycles. The summed E-state index contributed by atoms with van der Waals surface area (Å²) in [4.78, 5) is 0.783. The summed E-state index contributed by atoms with van der Waals surface area (Å²) in [5, 5.41) is 1.14. The van der Waals surface area contributed by atoms with Crippen molar-refractivity contribution in [2.24, 2.45) is 5.92 Å². The molecule has 1 unspecified atom stereocenters. The van der Waals surface area contributed by atoms with Crippen LogP contribution >= 0.6 is 31.9 Å². The second-order valence-electron chi connectivity index (χ2n) is 2.68. The van der Waals surface area contributed by atoms with Crippen LogP contribution in [0.4, 0.5) is 0 Å². The molecule has 1 fully saturated rings. The summed E-state index contributed by atoms with van der Waals surface area (Å²) in [7, 11) is 0. The Morgan fingerprint density at radius 2 is 2.11 bits per heavy atom. The molecule has 0 amide bonds. The van der Waals surface area contributed by atoms with Gasteiger partial charge in [0.2, 0.25) is 0 Å². The maximum Gasteiger partial charge on any atom is 0.0182 e. The summed E-state index contributed by atoms with van der Waals surface area (Å²) < 4.78 is 0. The van der Waals surface area contributed by atoms with Crippen molar-refractivity contribution in [2.75, 3.05) is 5.33 Å². The molecule has 1 aliphatic rings. The smallest absolute Gasteiger partial charge is 0.0182 e. The highest BCUT2D eigenvalue weighted by atomic mass is 79.9. The van der Waals surface area contributed by atoms with E-state index in [9.17, 15) is 0 Å². The average Bonchev–Trinajstić information content (AvgIpc) is 1.60. The Labute approximate surface area is 73.7 Å². The summed E-state index contributed by atoms with van der Waals surface area (Å²) in [5.41, 5.74) is 0. The molecule has 0 saturated heterocycles. The van der Waals surface area contributed by atoms with Gasteiger partial charge in [0.05, 0.1) is 0 Å². The van der Waals surface area contributed by atoms with Gasteiger partial charge in [-0.15, -0.1) is 0 Å². The van der Waals surface area contributed by atoms with Crippen LogP contribution in [0, 0.1) is 5.92 Å². The van der Waals surface area contributed by atoms with Gasteiger partial charge in [-0.25, -0.2) is 0 Å². The molecule has 0 spiro atoms. The maximum absolute atomic E-state index is 3.68. The quantitative estimate of drug-likeness (QED) is 0.679. The van der Waals surface area contributed by atoms with E-state index in [-0.39, 0.29) is 0 Å². The summed E-state index contributed by atoms with van der Waals surface area (Å²) in [6.07, 6.45) is 5.63. The number of hydrogen-bond acceptors (Lipinski definition) is 0. The summed E-state index contributed by atoms with van der Waals surface area (Å²) in [6, 6.07) is 0. The van der Waals surface area contributed by atoms with Crippen molar-refractivity contribution in [3.8, 4) is 0 Å². The third-order valence-corrected chi connectivity index (χ3v) is 3.71. The van der Waals surface area contributed by atoms with Gasteiger partial charge < -0.3 is 0 Å². The molecule has 0 heterocycles. The van der Waals surface area contributed by atoms with E-state index in [1.165, 1.54) is 25.7 Å². The zero-order chi connectivity index (χ0) is 6.69. The lowest BCUT2D eigenvalue weighted by atomic mass is 9.82. The molecule has 1 saturated carbocycles. The van der Waals surface area contributed by atoms with E-state index >= 15 is 0 Å². The first-order chi connectivity index (χ1) is 4.34. The van der Waals surface area contributed by atoms with Crippen molar-refractivity contribution in [3.63, 3.8) is 0 Å². The van der Waals surface area contributed by atoms with Crippen LogP contribution in [0.5, 0.6) is 0 Å². The minimum Gasteiger partial charge on any atom is -0.0928 e.